The predicted molar refractivity (Wildman–Crippen MR) is 93.2 cm³/mol. The lowest BCUT2D eigenvalue weighted by Crippen LogP contribution is -2.04. The second-order valence-corrected chi connectivity index (χ2v) is 5.91. The van der Waals surface area contributed by atoms with Gasteiger partial charge in [0, 0.05) is 0 Å². The molecule has 0 aromatic heterocycles. The molecule has 0 fully saturated rings. The van der Waals surface area contributed by atoms with Crippen molar-refractivity contribution in [1.82, 2.24) is 0 Å². The first-order chi connectivity index (χ1) is 11.9. The summed E-state index contributed by atoms with van der Waals surface area (Å²) in [6, 6.07) is 8.91. The molecule has 0 bridgehead atoms. The van der Waals surface area contributed by atoms with Crippen LogP contribution in [0.3, 0.4) is 0 Å². The van der Waals surface area contributed by atoms with E-state index >= 15 is 0 Å². The Morgan fingerprint density at radius 1 is 0.880 bits per heavy atom. The van der Waals surface area contributed by atoms with Gasteiger partial charge in [-0.15, -0.1) is 0 Å². The highest BCUT2D eigenvalue weighted by molar-refractivity contribution is 5.77. The van der Waals surface area contributed by atoms with Crippen LogP contribution in [0.15, 0.2) is 36.4 Å². The van der Waals surface area contributed by atoms with Crippen LogP contribution in [0.2, 0.25) is 0 Å². The van der Waals surface area contributed by atoms with E-state index in [0.29, 0.717) is 22.6 Å². The summed E-state index contributed by atoms with van der Waals surface area (Å²) < 4.78 is 49.3. The lowest BCUT2D eigenvalue weighted by molar-refractivity contribution is -0.137. The topological polar surface area (TPSA) is 18.5 Å². The van der Waals surface area contributed by atoms with Gasteiger partial charge >= 0.3 is 6.18 Å². The summed E-state index contributed by atoms with van der Waals surface area (Å²) in [4.78, 5) is 0. The molecule has 0 N–H and O–H groups in total. The molecule has 0 aliphatic rings. The third-order valence-corrected chi connectivity index (χ3v) is 4.14. The van der Waals surface area contributed by atoms with Gasteiger partial charge in [0.1, 0.15) is 11.5 Å². The van der Waals surface area contributed by atoms with Gasteiger partial charge in [-0.3, -0.25) is 0 Å². The number of rotatable bonds is 7. The van der Waals surface area contributed by atoms with Crippen LogP contribution in [0.1, 0.15) is 37.3 Å². The molecule has 0 saturated heterocycles. The van der Waals surface area contributed by atoms with Crippen LogP contribution in [0.4, 0.5) is 13.2 Å². The minimum absolute atomic E-state index is 0.602. The summed E-state index contributed by atoms with van der Waals surface area (Å²) in [6.07, 6.45) is -0.0880. The fourth-order valence-corrected chi connectivity index (χ4v) is 2.80. The summed E-state index contributed by atoms with van der Waals surface area (Å²) in [6.45, 7) is 2.15. The molecule has 136 valence electrons. The smallest absolute Gasteiger partial charge is 0.416 e. The number of hydrogen-bond acceptors (Lipinski definition) is 2. The lowest BCUT2D eigenvalue weighted by atomic mass is 9.98. The maximum atomic E-state index is 12.8. The van der Waals surface area contributed by atoms with Gasteiger partial charge in [-0.25, -0.2) is 0 Å². The molecule has 0 saturated carbocycles. The normalized spacial score (nSPS) is 11.4. The first-order valence-electron chi connectivity index (χ1n) is 8.33. The molecule has 0 aliphatic carbocycles. The predicted octanol–water partition coefficient (Wildman–Crippen LogP) is 6.12. The van der Waals surface area contributed by atoms with Crippen molar-refractivity contribution in [3.63, 3.8) is 0 Å². The molecule has 2 aromatic carbocycles. The average molecular weight is 352 g/mol. The van der Waals surface area contributed by atoms with Crippen molar-refractivity contribution in [3.05, 3.63) is 47.5 Å². The number of benzene rings is 2. The second kappa shape index (κ2) is 8.28. The van der Waals surface area contributed by atoms with Crippen LogP contribution < -0.4 is 9.47 Å². The first-order valence-corrected chi connectivity index (χ1v) is 8.33. The van der Waals surface area contributed by atoms with E-state index in [1.807, 2.05) is 12.1 Å². The Hall–Kier alpha value is -2.17. The van der Waals surface area contributed by atoms with Crippen LogP contribution in [-0.4, -0.2) is 14.2 Å². The zero-order chi connectivity index (χ0) is 18.4. The van der Waals surface area contributed by atoms with E-state index in [0.717, 1.165) is 43.4 Å². The number of ether oxygens (including phenoxy) is 2. The molecule has 25 heavy (non-hydrogen) atoms. The Labute approximate surface area is 146 Å². The maximum absolute atomic E-state index is 12.8. The molecule has 2 nitrogen and oxygen atoms in total. The standard InChI is InChI=1S/C20H23F3O2/c1-4-5-6-7-14-12-17(24-2)19(18(13-14)25-3)15-8-10-16(11-9-15)20(21,22)23/h8-13H,4-7H2,1-3H3. The molecule has 0 atom stereocenters. The third kappa shape index (κ3) is 4.68. The number of alkyl halides is 3. The fourth-order valence-electron chi connectivity index (χ4n) is 2.80. The van der Waals surface area contributed by atoms with Gasteiger partial charge in [0.15, 0.2) is 0 Å². The monoisotopic (exact) mass is 352 g/mol. The van der Waals surface area contributed by atoms with Crippen molar-refractivity contribution in [3.8, 4) is 22.6 Å². The quantitative estimate of drug-likeness (QED) is 0.559. The van der Waals surface area contributed by atoms with Crippen LogP contribution >= 0.6 is 0 Å². The Balaban J connectivity index is 2.42. The highest BCUT2D eigenvalue weighted by Gasteiger charge is 2.30. The maximum Gasteiger partial charge on any atom is 0.416 e. The fraction of sp³-hybridized carbons (Fsp3) is 0.400. The van der Waals surface area contributed by atoms with E-state index in [9.17, 15) is 13.2 Å². The van der Waals surface area contributed by atoms with Crippen molar-refractivity contribution >= 4 is 0 Å². The summed E-state index contributed by atoms with van der Waals surface area (Å²) >= 11 is 0. The number of aryl methyl sites for hydroxylation is 1. The van der Waals surface area contributed by atoms with E-state index in [2.05, 4.69) is 6.92 Å². The SMILES string of the molecule is CCCCCc1cc(OC)c(-c2ccc(C(F)(F)F)cc2)c(OC)c1. The Morgan fingerprint density at radius 2 is 1.44 bits per heavy atom. The highest BCUT2D eigenvalue weighted by Crippen LogP contribution is 2.41. The van der Waals surface area contributed by atoms with E-state index in [1.165, 1.54) is 12.1 Å². The van der Waals surface area contributed by atoms with Gasteiger partial charge < -0.3 is 9.47 Å². The molecule has 2 rings (SSSR count). The Morgan fingerprint density at radius 3 is 1.88 bits per heavy atom. The molecule has 0 amide bonds. The molecule has 2 aromatic rings. The number of hydrogen-bond donors (Lipinski definition) is 0. The van der Waals surface area contributed by atoms with Gasteiger partial charge in [-0.05, 0) is 48.2 Å². The van der Waals surface area contributed by atoms with Crippen molar-refractivity contribution in [2.45, 2.75) is 38.8 Å². The average Bonchev–Trinajstić information content (AvgIpc) is 2.60. The summed E-state index contributed by atoms with van der Waals surface area (Å²) in [5, 5.41) is 0. The number of halogens is 3. The zero-order valence-electron chi connectivity index (χ0n) is 14.7. The van der Waals surface area contributed by atoms with E-state index in [1.54, 1.807) is 14.2 Å². The Bertz CT molecular complexity index is 666. The summed E-state index contributed by atoms with van der Waals surface area (Å²) in [5.74, 6) is 1.20. The number of methoxy groups -OCH3 is 2. The molecule has 5 heteroatoms. The van der Waals surface area contributed by atoms with E-state index in [-0.39, 0.29) is 0 Å². The zero-order valence-corrected chi connectivity index (χ0v) is 14.7. The summed E-state index contributed by atoms with van der Waals surface area (Å²) in [5.41, 5.74) is 1.71. The Kier molecular flexibility index (Phi) is 6.34. The largest absolute Gasteiger partial charge is 0.496 e. The molecule has 0 unspecified atom stereocenters. The third-order valence-electron chi connectivity index (χ3n) is 4.14. The first kappa shape index (κ1) is 19.2. The molecular weight excluding hydrogens is 329 g/mol. The van der Waals surface area contributed by atoms with E-state index < -0.39 is 11.7 Å². The molecule has 0 spiro atoms. The van der Waals surface area contributed by atoms with Crippen LogP contribution in [0.5, 0.6) is 11.5 Å². The van der Waals surface area contributed by atoms with Gasteiger partial charge in [0.25, 0.3) is 0 Å². The molecule has 0 aliphatic heterocycles. The molecule has 0 heterocycles. The van der Waals surface area contributed by atoms with Crippen LogP contribution in [0, 0.1) is 0 Å². The van der Waals surface area contributed by atoms with Gasteiger partial charge in [-0.2, -0.15) is 13.2 Å². The van der Waals surface area contributed by atoms with Crippen molar-refractivity contribution < 1.29 is 22.6 Å². The van der Waals surface area contributed by atoms with Crippen molar-refractivity contribution in [2.24, 2.45) is 0 Å². The summed E-state index contributed by atoms with van der Waals surface area (Å²) in [7, 11) is 3.11. The van der Waals surface area contributed by atoms with Crippen molar-refractivity contribution in [1.29, 1.82) is 0 Å². The molecular formula is C20H23F3O2. The minimum Gasteiger partial charge on any atom is -0.496 e. The van der Waals surface area contributed by atoms with Crippen molar-refractivity contribution in [2.75, 3.05) is 14.2 Å². The van der Waals surface area contributed by atoms with Crippen LogP contribution in [-0.2, 0) is 12.6 Å². The van der Waals surface area contributed by atoms with E-state index in [4.69, 9.17) is 9.47 Å². The molecule has 0 radical (unpaired) electrons. The lowest BCUT2D eigenvalue weighted by Gasteiger charge is -2.16. The number of unbranched alkanes of at least 4 members (excludes halogenated alkanes) is 2. The van der Waals surface area contributed by atoms with Gasteiger partial charge in [-0.1, -0.05) is 31.9 Å². The highest BCUT2D eigenvalue weighted by atomic mass is 19.4. The second-order valence-electron chi connectivity index (χ2n) is 5.91. The van der Waals surface area contributed by atoms with Gasteiger partial charge in [0.2, 0.25) is 0 Å². The van der Waals surface area contributed by atoms with Gasteiger partial charge in [0.05, 0.1) is 25.3 Å². The minimum atomic E-state index is -4.35. The van der Waals surface area contributed by atoms with Crippen LogP contribution in [0.25, 0.3) is 11.1 Å².